The minimum absolute atomic E-state index is 0.112. The molecular weight excluding hydrogens is 482 g/mol. The first kappa shape index (κ1) is 24.8. The van der Waals surface area contributed by atoms with Gasteiger partial charge in [-0.1, -0.05) is 36.4 Å². The number of ether oxygens (including phenoxy) is 1. The summed E-state index contributed by atoms with van der Waals surface area (Å²) in [5, 5.41) is 5.67. The van der Waals surface area contributed by atoms with Crippen LogP contribution in [0.3, 0.4) is 0 Å². The molecule has 182 valence electrons. The molecule has 0 radical (unpaired) electrons. The van der Waals surface area contributed by atoms with Crippen molar-refractivity contribution in [1.29, 1.82) is 0 Å². The SMILES string of the molecule is O=C(NC(=S)Nc1ccc(S(=O)(=O)N2CCCC2)cc1)c1cccc(OCCc2ccccc2)c1. The maximum atomic E-state index is 12.6. The van der Waals surface area contributed by atoms with Crippen molar-refractivity contribution in [3.63, 3.8) is 0 Å². The van der Waals surface area contributed by atoms with Gasteiger partial charge in [0, 0.05) is 30.8 Å². The fourth-order valence-electron chi connectivity index (χ4n) is 3.78. The average Bonchev–Trinajstić information content (AvgIpc) is 3.41. The zero-order valence-electron chi connectivity index (χ0n) is 19.1. The third kappa shape index (κ3) is 6.66. The van der Waals surface area contributed by atoms with Crippen LogP contribution in [0.25, 0.3) is 0 Å². The van der Waals surface area contributed by atoms with Crippen LogP contribution in [0.2, 0.25) is 0 Å². The molecule has 0 aromatic heterocycles. The first-order chi connectivity index (χ1) is 16.9. The molecule has 9 heteroatoms. The summed E-state index contributed by atoms with van der Waals surface area (Å²) in [4.78, 5) is 12.9. The van der Waals surface area contributed by atoms with Gasteiger partial charge in [-0.25, -0.2) is 8.42 Å². The topological polar surface area (TPSA) is 87.7 Å². The van der Waals surface area contributed by atoms with Gasteiger partial charge in [0.15, 0.2) is 5.11 Å². The Labute approximate surface area is 211 Å². The van der Waals surface area contributed by atoms with Crippen LogP contribution in [0, 0.1) is 0 Å². The molecule has 3 aromatic carbocycles. The number of thiocarbonyl (C=S) groups is 1. The molecule has 1 amide bonds. The van der Waals surface area contributed by atoms with Gasteiger partial charge in [0.25, 0.3) is 5.91 Å². The lowest BCUT2D eigenvalue weighted by molar-refractivity contribution is 0.0977. The Hall–Kier alpha value is -3.27. The van der Waals surface area contributed by atoms with E-state index in [0.717, 1.165) is 19.3 Å². The van der Waals surface area contributed by atoms with Crippen molar-refractivity contribution in [3.05, 3.63) is 90.0 Å². The molecule has 0 atom stereocenters. The van der Waals surface area contributed by atoms with E-state index in [1.54, 1.807) is 36.4 Å². The van der Waals surface area contributed by atoms with E-state index in [-0.39, 0.29) is 15.9 Å². The van der Waals surface area contributed by atoms with Crippen molar-refractivity contribution in [2.24, 2.45) is 0 Å². The second-order valence-electron chi connectivity index (χ2n) is 8.16. The van der Waals surface area contributed by atoms with Gasteiger partial charge in [0.2, 0.25) is 10.0 Å². The highest BCUT2D eigenvalue weighted by Crippen LogP contribution is 2.22. The van der Waals surface area contributed by atoms with Gasteiger partial charge in [-0.05, 0) is 73.1 Å². The highest BCUT2D eigenvalue weighted by molar-refractivity contribution is 7.89. The van der Waals surface area contributed by atoms with Crippen LogP contribution >= 0.6 is 12.2 Å². The van der Waals surface area contributed by atoms with Crippen LogP contribution in [-0.2, 0) is 16.4 Å². The van der Waals surface area contributed by atoms with Crippen molar-refractivity contribution in [1.82, 2.24) is 9.62 Å². The number of carbonyl (C=O) groups is 1. The number of benzene rings is 3. The maximum Gasteiger partial charge on any atom is 0.257 e. The maximum absolute atomic E-state index is 12.6. The molecule has 1 heterocycles. The van der Waals surface area contributed by atoms with E-state index in [4.69, 9.17) is 17.0 Å². The van der Waals surface area contributed by atoms with Crippen LogP contribution in [0.4, 0.5) is 5.69 Å². The Morgan fingerprint density at radius 2 is 1.66 bits per heavy atom. The lowest BCUT2D eigenvalue weighted by Gasteiger charge is -2.16. The third-order valence-electron chi connectivity index (χ3n) is 5.64. The van der Waals surface area contributed by atoms with Crippen molar-refractivity contribution in [3.8, 4) is 5.75 Å². The predicted octanol–water partition coefficient (Wildman–Crippen LogP) is 4.22. The molecule has 4 rings (SSSR count). The number of hydrogen-bond donors (Lipinski definition) is 2. The van der Waals surface area contributed by atoms with Gasteiger partial charge in [0.1, 0.15) is 5.75 Å². The van der Waals surface area contributed by atoms with Gasteiger partial charge < -0.3 is 10.1 Å². The van der Waals surface area contributed by atoms with Crippen LogP contribution in [0.5, 0.6) is 5.75 Å². The summed E-state index contributed by atoms with van der Waals surface area (Å²) >= 11 is 5.26. The molecule has 1 saturated heterocycles. The standard InChI is InChI=1S/C26H27N3O4S2/c30-25(21-9-6-10-23(19-21)33-18-15-20-7-2-1-3-8-20)28-26(34)27-22-11-13-24(14-12-22)35(31,32)29-16-4-5-17-29/h1-3,6-14,19H,4-5,15-18H2,(H2,27,28,30,34). The molecule has 0 spiro atoms. The first-order valence-electron chi connectivity index (χ1n) is 11.4. The molecule has 0 unspecified atom stereocenters. The molecule has 1 aliphatic rings. The summed E-state index contributed by atoms with van der Waals surface area (Å²) in [7, 11) is -3.47. The van der Waals surface area contributed by atoms with E-state index in [0.29, 0.717) is 36.7 Å². The Balaban J connectivity index is 1.29. The second kappa shape index (κ2) is 11.4. The Morgan fingerprint density at radius 3 is 2.37 bits per heavy atom. The quantitative estimate of drug-likeness (QED) is 0.442. The summed E-state index contributed by atoms with van der Waals surface area (Å²) < 4.78 is 32.6. The van der Waals surface area contributed by atoms with Crippen LogP contribution in [0.1, 0.15) is 28.8 Å². The summed E-state index contributed by atoms with van der Waals surface area (Å²) in [5.41, 5.74) is 2.17. The molecule has 0 bridgehead atoms. The number of hydrogen-bond acceptors (Lipinski definition) is 5. The van der Waals surface area contributed by atoms with Gasteiger partial charge in [0.05, 0.1) is 11.5 Å². The van der Waals surface area contributed by atoms with Gasteiger partial charge in [-0.3, -0.25) is 10.1 Å². The normalized spacial score (nSPS) is 13.8. The highest BCUT2D eigenvalue weighted by atomic mass is 32.2. The predicted molar refractivity (Wildman–Crippen MR) is 140 cm³/mol. The minimum atomic E-state index is -3.47. The van der Waals surface area contributed by atoms with Crippen molar-refractivity contribution >= 4 is 38.9 Å². The van der Waals surface area contributed by atoms with Crippen molar-refractivity contribution in [2.45, 2.75) is 24.2 Å². The van der Waals surface area contributed by atoms with Crippen LogP contribution in [-0.4, -0.2) is 43.4 Å². The Kier molecular flexibility index (Phi) is 8.12. The zero-order chi connectivity index (χ0) is 24.7. The van der Waals surface area contributed by atoms with Crippen LogP contribution < -0.4 is 15.4 Å². The highest BCUT2D eigenvalue weighted by Gasteiger charge is 2.26. The molecule has 3 aromatic rings. The molecule has 0 aliphatic carbocycles. The number of amides is 1. The van der Waals surface area contributed by atoms with Crippen molar-refractivity contribution in [2.75, 3.05) is 25.0 Å². The summed E-state index contributed by atoms with van der Waals surface area (Å²) in [6, 6.07) is 23.3. The van der Waals surface area contributed by atoms with Crippen molar-refractivity contribution < 1.29 is 17.9 Å². The molecule has 1 aliphatic heterocycles. The number of anilines is 1. The third-order valence-corrected chi connectivity index (χ3v) is 7.76. The van der Waals surface area contributed by atoms with Gasteiger partial charge in [-0.15, -0.1) is 0 Å². The van der Waals surface area contributed by atoms with E-state index in [2.05, 4.69) is 10.6 Å². The monoisotopic (exact) mass is 509 g/mol. The number of rotatable bonds is 8. The van der Waals surface area contributed by atoms with Crippen LogP contribution in [0.15, 0.2) is 83.8 Å². The molecule has 35 heavy (non-hydrogen) atoms. The van der Waals surface area contributed by atoms with E-state index < -0.39 is 10.0 Å². The summed E-state index contributed by atoms with van der Waals surface area (Å²) in [6.07, 6.45) is 2.54. The summed E-state index contributed by atoms with van der Waals surface area (Å²) in [6.45, 7) is 1.61. The number of nitrogens with one attached hydrogen (secondary N) is 2. The van der Waals surface area contributed by atoms with Gasteiger partial charge >= 0.3 is 0 Å². The molecule has 0 saturated carbocycles. The molecule has 1 fully saturated rings. The number of sulfonamides is 1. The Morgan fingerprint density at radius 1 is 0.943 bits per heavy atom. The largest absolute Gasteiger partial charge is 0.493 e. The lowest BCUT2D eigenvalue weighted by atomic mass is 10.2. The Bertz CT molecular complexity index is 1270. The van der Waals surface area contributed by atoms with E-state index in [9.17, 15) is 13.2 Å². The fourth-order valence-corrected chi connectivity index (χ4v) is 5.51. The second-order valence-corrected chi connectivity index (χ2v) is 10.5. The van der Waals surface area contributed by atoms with Gasteiger partial charge in [-0.2, -0.15) is 4.31 Å². The summed E-state index contributed by atoms with van der Waals surface area (Å²) in [5.74, 6) is 0.228. The number of carbonyl (C=O) groups excluding carboxylic acids is 1. The molecule has 7 nitrogen and oxygen atoms in total. The molecular formula is C26H27N3O4S2. The zero-order valence-corrected chi connectivity index (χ0v) is 20.8. The minimum Gasteiger partial charge on any atom is -0.493 e. The smallest absolute Gasteiger partial charge is 0.257 e. The van der Waals surface area contributed by atoms with E-state index >= 15 is 0 Å². The number of nitrogens with zero attached hydrogens (tertiary/aromatic N) is 1. The lowest BCUT2D eigenvalue weighted by Crippen LogP contribution is -2.34. The first-order valence-corrected chi connectivity index (χ1v) is 13.3. The molecule has 2 N–H and O–H groups in total. The van der Waals surface area contributed by atoms with E-state index in [1.165, 1.54) is 22.0 Å². The average molecular weight is 510 g/mol. The fraction of sp³-hybridized carbons (Fsp3) is 0.231. The van der Waals surface area contributed by atoms with E-state index in [1.807, 2.05) is 30.3 Å².